The maximum Gasteiger partial charge on any atom is 0.231 e. The number of hydrogen-bond donors (Lipinski definition) is 1. The molecule has 2 aliphatic heterocycles. The molecule has 0 saturated carbocycles. The Morgan fingerprint density at radius 2 is 2.06 bits per heavy atom. The van der Waals surface area contributed by atoms with Crippen LogP contribution < -0.4 is 14.8 Å². The number of anilines is 1. The van der Waals surface area contributed by atoms with Crippen LogP contribution in [0.2, 0.25) is 0 Å². The zero-order chi connectivity index (χ0) is 11.0. The smallest absolute Gasteiger partial charge is 0.231 e. The van der Waals surface area contributed by atoms with Gasteiger partial charge in [-0.05, 0) is 25.0 Å². The first kappa shape index (κ1) is 9.78. The topological polar surface area (TPSA) is 39.7 Å². The average Bonchev–Trinajstić information content (AvgIpc) is 2.89. The number of hydrogen-bond acceptors (Lipinski definition) is 4. The molecule has 0 aromatic heterocycles. The molecule has 1 unspecified atom stereocenters. The second-order valence-corrected chi connectivity index (χ2v) is 4.23. The maximum absolute atomic E-state index is 5.37. The van der Waals surface area contributed by atoms with Gasteiger partial charge in [-0.1, -0.05) is 0 Å². The van der Waals surface area contributed by atoms with Crippen molar-refractivity contribution in [2.24, 2.45) is 0 Å². The third-order valence-electron chi connectivity index (χ3n) is 3.01. The number of ether oxygens (including phenoxy) is 3. The first-order valence-corrected chi connectivity index (χ1v) is 5.57. The molecule has 1 aromatic carbocycles. The Kier molecular flexibility index (Phi) is 2.36. The van der Waals surface area contributed by atoms with Gasteiger partial charge in [0.2, 0.25) is 6.79 Å². The van der Waals surface area contributed by atoms with E-state index in [1.165, 1.54) is 5.56 Å². The quantitative estimate of drug-likeness (QED) is 0.828. The lowest BCUT2D eigenvalue weighted by molar-refractivity contribution is 0.174. The van der Waals surface area contributed by atoms with E-state index in [9.17, 15) is 0 Å². The van der Waals surface area contributed by atoms with Gasteiger partial charge in [-0.2, -0.15) is 0 Å². The van der Waals surface area contributed by atoms with E-state index in [-0.39, 0.29) is 0 Å². The second kappa shape index (κ2) is 3.87. The predicted octanol–water partition coefficient (Wildman–Crippen LogP) is 1.92. The highest BCUT2D eigenvalue weighted by atomic mass is 16.7. The lowest BCUT2D eigenvalue weighted by Crippen LogP contribution is -2.19. The van der Waals surface area contributed by atoms with Gasteiger partial charge in [0.25, 0.3) is 0 Å². The highest BCUT2D eigenvalue weighted by Gasteiger charge is 2.19. The number of rotatable bonds is 2. The molecule has 0 aliphatic carbocycles. The Morgan fingerprint density at radius 1 is 1.25 bits per heavy atom. The van der Waals surface area contributed by atoms with Gasteiger partial charge in [0.05, 0.1) is 12.6 Å². The number of aryl methyl sites for hydroxylation is 1. The Hall–Kier alpha value is -1.42. The van der Waals surface area contributed by atoms with Gasteiger partial charge in [-0.3, -0.25) is 0 Å². The van der Waals surface area contributed by atoms with Crippen molar-refractivity contribution in [3.63, 3.8) is 0 Å². The van der Waals surface area contributed by atoms with Gasteiger partial charge in [-0.15, -0.1) is 0 Å². The summed E-state index contributed by atoms with van der Waals surface area (Å²) in [5, 5.41) is 3.48. The van der Waals surface area contributed by atoms with E-state index in [2.05, 4.69) is 12.2 Å². The van der Waals surface area contributed by atoms with Crippen LogP contribution >= 0.6 is 0 Å². The lowest BCUT2D eigenvalue weighted by atomic mass is 10.1. The Morgan fingerprint density at radius 3 is 2.81 bits per heavy atom. The van der Waals surface area contributed by atoms with Crippen LogP contribution in [0, 0.1) is 6.92 Å². The van der Waals surface area contributed by atoms with Crippen LogP contribution in [0.1, 0.15) is 12.0 Å². The minimum atomic E-state index is 0.324. The minimum Gasteiger partial charge on any atom is -0.454 e. The molecule has 2 heterocycles. The van der Waals surface area contributed by atoms with Crippen LogP contribution in [-0.2, 0) is 4.74 Å². The Bertz CT molecular complexity index is 399. The maximum atomic E-state index is 5.37. The lowest BCUT2D eigenvalue weighted by Gasteiger charge is -2.15. The van der Waals surface area contributed by atoms with Gasteiger partial charge in [0, 0.05) is 18.4 Å². The summed E-state index contributed by atoms with van der Waals surface area (Å²) >= 11 is 0. The largest absolute Gasteiger partial charge is 0.454 e. The molecule has 1 atom stereocenters. The van der Waals surface area contributed by atoms with Gasteiger partial charge in [-0.25, -0.2) is 0 Å². The van der Waals surface area contributed by atoms with Crippen molar-refractivity contribution in [3.8, 4) is 11.5 Å². The summed E-state index contributed by atoms with van der Waals surface area (Å²) in [6, 6.07) is 4.44. The monoisotopic (exact) mass is 221 g/mol. The number of nitrogens with one attached hydrogen (secondary N) is 1. The van der Waals surface area contributed by atoms with Crippen LogP contribution in [0.25, 0.3) is 0 Å². The third kappa shape index (κ3) is 1.69. The molecule has 1 saturated heterocycles. The Labute approximate surface area is 94.5 Å². The van der Waals surface area contributed by atoms with Gasteiger partial charge in [0.1, 0.15) is 0 Å². The van der Waals surface area contributed by atoms with Crippen molar-refractivity contribution in [1.29, 1.82) is 0 Å². The summed E-state index contributed by atoms with van der Waals surface area (Å²) in [6.45, 7) is 4.03. The molecule has 4 nitrogen and oxygen atoms in total. The summed E-state index contributed by atoms with van der Waals surface area (Å²) < 4.78 is 16.0. The van der Waals surface area contributed by atoms with E-state index in [0.29, 0.717) is 12.8 Å². The molecule has 0 radical (unpaired) electrons. The molecular weight excluding hydrogens is 206 g/mol. The number of fused-ring (bicyclic) bond motifs is 1. The van der Waals surface area contributed by atoms with E-state index in [0.717, 1.165) is 36.8 Å². The van der Waals surface area contributed by atoms with Gasteiger partial charge >= 0.3 is 0 Å². The molecule has 3 rings (SSSR count). The van der Waals surface area contributed by atoms with Crippen molar-refractivity contribution < 1.29 is 14.2 Å². The highest BCUT2D eigenvalue weighted by Crippen LogP contribution is 2.37. The third-order valence-corrected chi connectivity index (χ3v) is 3.01. The first-order valence-electron chi connectivity index (χ1n) is 5.57. The first-order chi connectivity index (χ1) is 7.83. The van der Waals surface area contributed by atoms with Crippen molar-refractivity contribution >= 4 is 5.69 Å². The summed E-state index contributed by atoms with van der Waals surface area (Å²) in [5.41, 5.74) is 2.29. The standard InChI is InChI=1S/C12H15NO3/c1-8-4-11-12(16-7-15-11)5-10(8)13-9-2-3-14-6-9/h4-5,9,13H,2-3,6-7H2,1H3. The second-order valence-electron chi connectivity index (χ2n) is 4.23. The molecule has 2 aliphatic rings. The summed E-state index contributed by atoms with van der Waals surface area (Å²) in [6.07, 6.45) is 1.06. The molecule has 1 fully saturated rings. The molecule has 0 bridgehead atoms. The fourth-order valence-corrected chi connectivity index (χ4v) is 2.07. The molecule has 86 valence electrons. The molecular formula is C12H15NO3. The molecule has 16 heavy (non-hydrogen) atoms. The normalized spacial score (nSPS) is 22.4. The summed E-state index contributed by atoms with van der Waals surface area (Å²) in [5.74, 6) is 1.66. The molecule has 1 N–H and O–H groups in total. The van der Waals surface area contributed by atoms with Gasteiger partial charge < -0.3 is 19.5 Å². The van der Waals surface area contributed by atoms with Crippen LogP contribution in [0.3, 0.4) is 0 Å². The minimum absolute atomic E-state index is 0.324. The average molecular weight is 221 g/mol. The van der Waals surface area contributed by atoms with Crippen molar-refractivity contribution in [1.82, 2.24) is 0 Å². The SMILES string of the molecule is Cc1cc2c(cc1NC1CCOC1)OCO2. The van der Waals surface area contributed by atoms with E-state index >= 15 is 0 Å². The van der Waals surface area contributed by atoms with Crippen LogP contribution in [0.15, 0.2) is 12.1 Å². The van der Waals surface area contributed by atoms with Crippen molar-refractivity contribution in [2.45, 2.75) is 19.4 Å². The van der Waals surface area contributed by atoms with Gasteiger partial charge in [0.15, 0.2) is 11.5 Å². The summed E-state index contributed by atoms with van der Waals surface area (Å²) in [4.78, 5) is 0. The van der Waals surface area contributed by atoms with E-state index in [1.807, 2.05) is 12.1 Å². The van der Waals surface area contributed by atoms with Crippen LogP contribution in [0.4, 0.5) is 5.69 Å². The fourth-order valence-electron chi connectivity index (χ4n) is 2.07. The van der Waals surface area contributed by atoms with Crippen LogP contribution in [-0.4, -0.2) is 26.0 Å². The fraction of sp³-hybridized carbons (Fsp3) is 0.500. The predicted molar refractivity (Wildman–Crippen MR) is 60.1 cm³/mol. The van der Waals surface area contributed by atoms with E-state index < -0.39 is 0 Å². The zero-order valence-electron chi connectivity index (χ0n) is 9.29. The van der Waals surface area contributed by atoms with Crippen LogP contribution in [0.5, 0.6) is 11.5 Å². The van der Waals surface area contributed by atoms with E-state index in [4.69, 9.17) is 14.2 Å². The zero-order valence-corrected chi connectivity index (χ0v) is 9.29. The highest BCUT2D eigenvalue weighted by molar-refractivity contribution is 5.61. The molecule has 0 amide bonds. The van der Waals surface area contributed by atoms with E-state index in [1.54, 1.807) is 0 Å². The van der Waals surface area contributed by atoms with Crippen molar-refractivity contribution in [3.05, 3.63) is 17.7 Å². The number of benzene rings is 1. The Balaban J connectivity index is 1.83. The summed E-state index contributed by atoms with van der Waals surface area (Å²) in [7, 11) is 0. The van der Waals surface area contributed by atoms with Crippen molar-refractivity contribution in [2.75, 3.05) is 25.3 Å². The molecule has 4 heteroatoms. The molecule has 0 spiro atoms. The molecule has 1 aromatic rings.